The molecule has 20 heavy (non-hydrogen) atoms. The van der Waals surface area contributed by atoms with Gasteiger partial charge in [-0.3, -0.25) is 10.1 Å². The van der Waals surface area contributed by atoms with Gasteiger partial charge in [0.1, 0.15) is 17.0 Å². The number of nitrogens with zero attached hydrogens (tertiary/aromatic N) is 3. The van der Waals surface area contributed by atoms with Crippen LogP contribution in [0.5, 0.6) is 0 Å². The first kappa shape index (κ1) is 12.5. The summed E-state index contributed by atoms with van der Waals surface area (Å²) in [5, 5.41) is 13.5. The highest BCUT2D eigenvalue weighted by Crippen LogP contribution is 2.29. The Bertz CT molecular complexity index is 783. The Balaban J connectivity index is 1.95. The van der Waals surface area contributed by atoms with E-state index >= 15 is 0 Å². The van der Waals surface area contributed by atoms with Gasteiger partial charge in [-0.1, -0.05) is 12.1 Å². The molecular formula is C13H10N4O2S. The molecule has 0 aliphatic heterocycles. The van der Waals surface area contributed by atoms with Gasteiger partial charge in [0, 0.05) is 12.1 Å². The number of anilines is 1. The molecule has 100 valence electrons. The van der Waals surface area contributed by atoms with Gasteiger partial charge < -0.3 is 5.73 Å². The van der Waals surface area contributed by atoms with E-state index in [2.05, 4.69) is 9.97 Å². The first-order valence-corrected chi connectivity index (χ1v) is 6.73. The van der Waals surface area contributed by atoms with Crippen molar-refractivity contribution in [3.63, 3.8) is 0 Å². The van der Waals surface area contributed by atoms with Gasteiger partial charge in [0.2, 0.25) is 0 Å². The van der Waals surface area contributed by atoms with Crippen LogP contribution < -0.4 is 5.73 Å². The van der Waals surface area contributed by atoms with Crippen LogP contribution in [-0.4, -0.2) is 14.9 Å². The van der Waals surface area contributed by atoms with Crippen LogP contribution in [0, 0.1) is 10.1 Å². The standard InChI is InChI=1S/C13H10N4O2S/c14-12-11-9(6-20-13(11)16-7-15-12)5-8-1-3-10(4-2-8)17(18)19/h1-4,6-7H,5H2,(H2,14,15,16). The van der Waals surface area contributed by atoms with E-state index in [1.165, 1.54) is 29.8 Å². The maximum Gasteiger partial charge on any atom is 0.269 e. The molecule has 0 atom stereocenters. The summed E-state index contributed by atoms with van der Waals surface area (Å²) >= 11 is 1.52. The topological polar surface area (TPSA) is 94.9 Å². The molecule has 0 radical (unpaired) electrons. The zero-order valence-electron chi connectivity index (χ0n) is 10.3. The first-order chi connectivity index (χ1) is 9.65. The maximum atomic E-state index is 10.6. The number of non-ortho nitro benzene ring substituents is 1. The van der Waals surface area contributed by atoms with E-state index in [0.29, 0.717) is 12.2 Å². The van der Waals surface area contributed by atoms with E-state index in [0.717, 1.165) is 21.3 Å². The number of nitro benzene ring substituents is 1. The quantitative estimate of drug-likeness (QED) is 0.590. The van der Waals surface area contributed by atoms with E-state index in [4.69, 9.17) is 5.73 Å². The van der Waals surface area contributed by atoms with Crippen LogP contribution in [0.3, 0.4) is 0 Å². The minimum absolute atomic E-state index is 0.0896. The predicted molar refractivity (Wildman–Crippen MR) is 77.7 cm³/mol. The summed E-state index contributed by atoms with van der Waals surface area (Å²) in [5.41, 5.74) is 8.00. The molecular weight excluding hydrogens is 276 g/mol. The van der Waals surface area contributed by atoms with E-state index < -0.39 is 4.92 Å². The number of thiophene rings is 1. The summed E-state index contributed by atoms with van der Waals surface area (Å²) in [6.07, 6.45) is 2.10. The number of hydrogen-bond donors (Lipinski definition) is 1. The van der Waals surface area contributed by atoms with Crippen molar-refractivity contribution in [3.05, 3.63) is 57.2 Å². The van der Waals surface area contributed by atoms with Crippen molar-refractivity contribution < 1.29 is 4.92 Å². The number of benzene rings is 1. The van der Waals surface area contributed by atoms with Gasteiger partial charge in [0.25, 0.3) is 5.69 Å². The lowest BCUT2D eigenvalue weighted by Crippen LogP contribution is -1.95. The highest BCUT2D eigenvalue weighted by atomic mass is 32.1. The third-order valence-electron chi connectivity index (χ3n) is 3.02. The van der Waals surface area contributed by atoms with Gasteiger partial charge in [-0.15, -0.1) is 11.3 Å². The van der Waals surface area contributed by atoms with Crippen molar-refractivity contribution in [2.45, 2.75) is 6.42 Å². The lowest BCUT2D eigenvalue weighted by atomic mass is 10.1. The molecule has 1 aromatic carbocycles. The van der Waals surface area contributed by atoms with Crippen LogP contribution >= 0.6 is 11.3 Å². The van der Waals surface area contributed by atoms with Crippen molar-refractivity contribution in [1.29, 1.82) is 0 Å². The molecule has 6 nitrogen and oxygen atoms in total. The number of nitrogens with two attached hydrogens (primary N) is 1. The summed E-state index contributed by atoms with van der Waals surface area (Å²) < 4.78 is 0. The smallest absolute Gasteiger partial charge is 0.269 e. The molecule has 0 bridgehead atoms. The molecule has 7 heteroatoms. The monoisotopic (exact) mass is 286 g/mol. The second kappa shape index (κ2) is 4.86. The minimum Gasteiger partial charge on any atom is -0.383 e. The SMILES string of the molecule is Nc1ncnc2scc(Cc3ccc([N+](=O)[O-])cc3)c12. The second-order valence-corrected chi connectivity index (χ2v) is 5.16. The van der Waals surface area contributed by atoms with Crippen LogP contribution in [0.1, 0.15) is 11.1 Å². The molecule has 0 aliphatic carbocycles. The molecule has 0 saturated heterocycles. The fourth-order valence-electron chi connectivity index (χ4n) is 2.04. The Morgan fingerprint density at radius 1 is 1.25 bits per heavy atom. The Morgan fingerprint density at radius 2 is 2.00 bits per heavy atom. The number of aromatic nitrogens is 2. The molecule has 3 rings (SSSR count). The molecule has 0 amide bonds. The van der Waals surface area contributed by atoms with Crippen LogP contribution in [0.15, 0.2) is 36.0 Å². The van der Waals surface area contributed by atoms with E-state index in [9.17, 15) is 10.1 Å². The highest BCUT2D eigenvalue weighted by molar-refractivity contribution is 7.17. The normalized spacial score (nSPS) is 10.8. The molecule has 0 saturated carbocycles. The zero-order chi connectivity index (χ0) is 14.1. The van der Waals surface area contributed by atoms with Gasteiger partial charge in [0.15, 0.2) is 0 Å². The Labute approximate surface area is 118 Å². The number of nitro groups is 1. The van der Waals surface area contributed by atoms with Gasteiger partial charge in [-0.05, 0) is 22.9 Å². The molecule has 0 unspecified atom stereocenters. The van der Waals surface area contributed by atoms with Crippen LogP contribution in [-0.2, 0) is 6.42 Å². The summed E-state index contributed by atoms with van der Waals surface area (Å²) in [5.74, 6) is 0.466. The number of hydrogen-bond acceptors (Lipinski definition) is 6. The fraction of sp³-hybridized carbons (Fsp3) is 0.0769. The van der Waals surface area contributed by atoms with Crippen molar-refractivity contribution in [2.24, 2.45) is 0 Å². The second-order valence-electron chi connectivity index (χ2n) is 4.30. The van der Waals surface area contributed by atoms with Gasteiger partial charge in [-0.25, -0.2) is 9.97 Å². The van der Waals surface area contributed by atoms with E-state index in [1.54, 1.807) is 12.1 Å². The van der Waals surface area contributed by atoms with Crippen LogP contribution in [0.25, 0.3) is 10.2 Å². The van der Waals surface area contributed by atoms with Gasteiger partial charge in [0.05, 0.1) is 10.3 Å². The van der Waals surface area contributed by atoms with Gasteiger partial charge in [-0.2, -0.15) is 0 Å². The van der Waals surface area contributed by atoms with Crippen LogP contribution in [0.4, 0.5) is 11.5 Å². The third kappa shape index (κ3) is 2.19. The Kier molecular flexibility index (Phi) is 3.03. The molecule has 0 spiro atoms. The lowest BCUT2D eigenvalue weighted by Gasteiger charge is -2.02. The molecule has 0 fully saturated rings. The van der Waals surface area contributed by atoms with Gasteiger partial charge >= 0.3 is 0 Å². The molecule has 0 aliphatic rings. The average molecular weight is 286 g/mol. The van der Waals surface area contributed by atoms with Crippen molar-refractivity contribution >= 4 is 33.1 Å². The number of rotatable bonds is 3. The largest absolute Gasteiger partial charge is 0.383 e. The Hall–Kier alpha value is -2.54. The van der Waals surface area contributed by atoms with E-state index in [1.807, 2.05) is 5.38 Å². The highest BCUT2D eigenvalue weighted by Gasteiger charge is 2.11. The predicted octanol–water partition coefficient (Wildman–Crippen LogP) is 2.77. The number of nitrogen functional groups attached to an aromatic ring is 1. The summed E-state index contributed by atoms with van der Waals surface area (Å²) in [6.45, 7) is 0. The third-order valence-corrected chi connectivity index (χ3v) is 3.95. The molecule has 2 heterocycles. The van der Waals surface area contributed by atoms with Crippen molar-refractivity contribution in [1.82, 2.24) is 9.97 Å². The lowest BCUT2D eigenvalue weighted by molar-refractivity contribution is -0.384. The molecule has 3 aromatic rings. The van der Waals surface area contributed by atoms with E-state index in [-0.39, 0.29) is 5.69 Å². The molecule has 2 aromatic heterocycles. The number of fused-ring (bicyclic) bond motifs is 1. The zero-order valence-corrected chi connectivity index (χ0v) is 11.1. The minimum atomic E-state index is -0.407. The van der Waals surface area contributed by atoms with Crippen molar-refractivity contribution in [3.8, 4) is 0 Å². The summed E-state index contributed by atoms with van der Waals surface area (Å²) in [4.78, 5) is 19.3. The van der Waals surface area contributed by atoms with Crippen LogP contribution in [0.2, 0.25) is 0 Å². The summed E-state index contributed by atoms with van der Waals surface area (Å²) in [7, 11) is 0. The maximum absolute atomic E-state index is 10.6. The Morgan fingerprint density at radius 3 is 2.70 bits per heavy atom. The van der Waals surface area contributed by atoms with Crippen molar-refractivity contribution in [2.75, 3.05) is 5.73 Å². The first-order valence-electron chi connectivity index (χ1n) is 5.85. The summed E-state index contributed by atoms with van der Waals surface area (Å²) in [6, 6.07) is 6.51. The average Bonchev–Trinajstić information content (AvgIpc) is 2.84. The fourth-order valence-corrected chi connectivity index (χ4v) is 2.96. The molecule has 2 N–H and O–H groups in total.